The molecule has 0 aromatic heterocycles. The highest BCUT2D eigenvalue weighted by Gasteiger charge is 2.11. The van der Waals surface area contributed by atoms with E-state index in [0.717, 1.165) is 11.1 Å². The third kappa shape index (κ3) is 3.67. The van der Waals surface area contributed by atoms with Gasteiger partial charge in [-0.15, -0.1) is 0 Å². The molecule has 0 bridgehead atoms. The van der Waals surface area contributed by atoms with Gasteiger partial charge in [-0.1, -0.05) is 23.7 Å². The molecule has 0 aliphatic heterocycles. The Balaban J connectivity index is 2.15. The zero-order valence-electron chi connectivity index (χ0n) is 11.7. The molecule has 4 nitrogen and oxygen atoms in total. The quantitative estimate of drug-likeness (QED) is 0.909. The third-order valence-electron chi connectivity index (χ3n) is 2.98. The van der Waals surface area contributed by atoms with E-state index < -0.39 is 5.97 Å². The van der Waals surface area contributed by atoms with Crippen molar-refractivity contribution in [2.45, 2.75) is 13.5 Å². The average Bonchev–Trinajstić information content (AvgIpc) is 2.45. The minimum atomic E-state index is -1.03. The number of methoxy groups -OCH3 is 1. The first-order chi connectivity index (χ1) is 10.0. The molecule has 0 amide bonds. The Labute approximate surface area is 127 Å². The maximum Gasteiger partial charge on any atom is 0.339 e. The van der Waals surface area contributed by atoms with Crippen molar-refractivity contribution in [1.29, 1.82) is 0 Å². The predicted octanol–water partition coefficient (Wildman–Crippen LogP) is 3.93. The number of carboxylic acid groups (broad SMARTS) is 1. The second-order valence-corrected chi connectivity index (χ2v) is 4.97. The largest absolute Gasteiger partial charge is 0.496 e. The van der Waals surface area contributed by atoms with Crippen molar-refractivity contribution < 1.29 is 19.4 Å². The first kappa shape index (κ1) is 15.2. The number of carbonyl (C=O) groups is 1. The number of hydrogen-bond acceptors (Lipinski definition) is 3. The molecule has 5 heteroatoms. The van der Waals surface area contributed by atoms with Crippen LogP contribution >= 0.6 is 11.6 Å². The van der Waals surface area contributed by atoms with Crippen LogP contribution in [-0.4, -0.2) is 18.2 Å². The topological polar surface area (TPSA) is 55.8 Å². The summed E-state index contributed by atoms with van der Waals surface area (Å²) in [6.07, 6.45) is 0. The van der Waals surface area contributed by atoms with Crippen molar-refractivity contribution >= 4 is 17.6 Å². The number of ether oxygens (including phenoxy) is 2. The fraction of sp³-hybridized carbons (Fsp3) is 0.188. The predicted molar refractivity (Wildman–Crippen MR) is 80.5 cm³/mol. The molecule has 0 heterocycles. The lowest BCUT2D eigenvalue weighted by molar-refractivity contribution is 0.0693. The van der Waals surface area contributed by atoms with Crippen LogP contribution in [0.2, 0.25) is 5.02 Å². The second-order valence-electron chi connectivity index (χ2n) is 4.56. The van der Waals surface area contributed by atoms with Crippen LogP contribution in [0, 0.1) is 6.92 Å². The molecule has 0 spiro atoms. The molecule has 0 unspecified atom stereocenters. The van der Waals surface area contributed by atoms with Gasteiger partial charge in [-0.05, 0) is 42.3 Å². The molecule has 0 fully saturated rings. The van der Waals surface area contributed by atoms with E-state index in [2.05, 4.69) is 0 Å². The standard InChI is InChI=1S/C16H15ClO4/c1-10-3-6-14(13(17)7-10)21-9-11-4-5-12(16(18)19)15(8-11)20-2/h3-8H,9H2,1-2H3,(H,18,19). The summed E-state index contributed by atoms with van der Waals surface area (Å²) in [6, 6.07) is 10.4. The van der Waals surface area contributed by atoms with Crippen LogP contribution in [0.1, 0.15) is 21.5 Å². The van der Waals surface area contributed by atoms with Gasteiger partial charge < -0.3 is 14.6 Å². The highest BCUT2D eigenvalue weighted by molar-refractivity contribution is 6.32. The Kier molecular flexibility index (Phi) is 4.70. The lowest BCUT2D eigenvalue weighted by Gasteiger charge is -2.11. The van der Waals surface area contributed by atoms with Gasteiger partial charge in [-0.3, -0.25) is 0 Å². The van der Waals surface area contributed by atoms with Gasteiger partial charge in [0.05, 0.1) is 12.1 Å². The Bertz CT molecular complexity index is 667. The fourth-order valence-electron chi connectivity index (χ4n) is 1.89. The smallest absolute Gasteiger partial charge is 0.339 e. The molecule has 0 aliphatic rings. The van der Waals surface area contributed by atoms with Crippen molar-refractivity contribution in [2.75, 3.05) is 7.11 Å². The van der Waals surface area contributed by atoms with E-state index >= 15 is 0 Å². The summed E-state index contributed by atoms with van der Waals surface area (Å²) >= 11 is 6.09. The van der Waals surface area contributed by atoms with E-state index in [1.165, 1.54) is 13.2 Å². The lowest BCUT2D eigenvalue weighted by Crippen LogP contribution is -2.03. The molecule has 0 radical (unpaired) electrons. The first-order valence-electron chi connectivity index (χ1n) is 6.30. The van der Waals surface area contributed by atoms with Crippen LogP contribution in [0.25, 0.3) is 0 Å². The molecule has 2 aromatic carbocycles. The highest BCUT2D eigenvalue weighted by atomic mass is 35.5. The van der Waals surface area contributed by atoms with Gasteiger partial charge in [0.1, 0.15) is 23.7 Å². The van der Waals surface area contributed by atoms with Gasteiger partial charge >= 0.3 is 5.97 Å². The third-order valence-corrected chi connectivity index (χ3v) is 3.27. The summed E-state index contributed by atoms with van der Waals surface area (Å²) in [5, 5.41) is 9.57. The molecule has 2 rings (SSSR count). The number of benzene rings is 2. The monoisotopic (exact) mass is 306 g/mol. The van der Waals surface area contributed by atoms with Crippen LogP contribution < -0.4 is 9.47 Å². The molecule has 21 heavy (non-hydrogen) atoms. The van der Waals surface area contributed by atoms with E-state index in [1.807, 2.05) is 19.1 Å². The minimum Gasteiger partial charge on any atom is -0.496 e. The van der Waals surface area contributed by atoms with Crippen molar-refractivity contribution in [3.05, 3.63) is 58.1 Å². The average molecular weight is 307 g/mol. The van der Waals surface area contributed by atoms with Gasteiger partial charge in [-0.2, -0.15) is 0 Å². The summed E-state index contributed by atoms with van der Waals surface area (Å²) < 4.78 is 10.7. The summed E-state index contributed by atoms with van der Waals surface area (Å²) in [5.41, 5.74) is 1.97. The van der Waals surface area contributed by atoms with Crippen LogP contribution in [0.4, 0.5) is 0 Å². The van der Waals surface area contributed by atoms with E-state index in [1.54, 1.807) is 18.2 Å². The van der Waals surface area contributed by atoms with Crippen molar-refractivity contribution in [3.63, 3.8) is 0 Å². The van der Waals surface area contributed by atoms with Crippen LogP contribution in [-0.2, 0) is 6.61 Å². The molecule has 0 saturated carbocycles. The number of carboxylic acids is 1. The number of hydrogen-bond donors (Lipinski definition) is 1. The van der Waals surface area contributed by atoms with E-state index in [4.69, 9.17) is 26.2 Å². The van der Waals surface area contributed by atoms with Crippen LogP contribution in [0.5, 0.6) is 11.5 Å². The van der Waals surface area contributed by atoms with Gasteiger partial charge in [0.25, 0.3) is 0 Å². The zero-order chi connectivity index (χ0) is 15.4. The van der Waals surface area contributed by atoms with Gasteiger partial charge in [0, 0.05) is 0 Å². The lowest BCUT2D eigenvalue weighted by atomic mass is 10.1. The van der Waals surface area contributed by atoms with Crippen LogP contribution in [0.3, 0.4) is 0 Å². The molecule has 110 valence electrons. The molecule has 1 N–H and O–H groups in total. The molecular weight excluding hydrogens is 292 g/mol. The molecule has 0 atom stereocenters. The van der Waals surface area contributed by atoms with Crippen molar-refractivity contribution in [3.8, 4) is 11.5 Å². The van der Waals surface area contributed by atoms with Gasteiger partial charge in [-0.25, -0.2) is 4.79 Å². The normalized spacial score (nSPS) is 10.2. The van der Waals surface area contributed by atoms with E-state index in [9.17, 15) is 4.79 Å². The van der Waals surface area contributed by atoms with Crippen molar-refractivity contribution in [2.24, 2.45) is 0 Å². The van der Waals surface area contributed by atoms with Gasteiger partial charge in [0.2, 0.25) is 0 Å². The summed E-state index contributed by atoms with van der Waals surface area (Å²) in [5.74, 6) is -0.136. The Hall–Kier alpha value is -2.20. The SMILES string of the molecule is COc1cc(COc2ccc(C)cc2Cl)ccc1C(=O)O. The maximum absolute atomic E-state index is 11.0. The number of halogens is 1. The van der Waals surface area contributed by atoms with Gasteiger partial charge in [0.15, 0.2) is 0 Å². The molecule has 0 aliphatic carbocycles. The number of aryl methyl sites for hydroxylation is 1. The Morgan fingerprint density at radius 2 is 1.95 bits per heavy atom. The minimum absolute atomic E-state index is 0.120. The highest BCUT2D eigenvalue weighted by Crippen LogP contribution is 2.27. The second kappa shape index (κ2) is 6.50. The van der Waals surface area contributed by atoms with E-state index in [-0.39, 0.29) is 12.2 Å². The van der Waals surface area contributed by atoms with Crippen molar-refractivity contribution in [1.82, 2.24) is 0 Å². The van der Waals surface area contributed by atoms with Crippen LogP contribution in [0.15, 0.2) is 36.4 Å². The number of aromatic carboxylic acids is 1. The number of rotatable bonds is 5. The Morgan fingerprint density at radius 1 is 1.19 bits per heavy atom. The fourth-order valence-corrected chi connectivity index (χ4v) is 2.18. The van der Waals surface area contributed by atoms with E-state index in [0.29, 0.717) is 16.5 Å². The summed E-state index contributed by atoms with van der Waals surface area (Å²) in [7, 11) is 1.43. The summed E-state index contributed by atoms with van der Waals surface area (Å²) in [4.78, 5) is 11.0. The molecule has 2 aromatic rings. The first-order valence-corrected chi connectivity index (χ1v) is 6.68. The maximum atomic E-state index is 11.0. The summed E-state index contributed by atoms with van der Waals surface area (Å²) in [6.45, 7) is 2.23. The Morgan fingerprint density at radius 3 is 2.57 bits per heavy atom. The molecular formula is C16H15ClO4. The molecule has 0 saturated heterocycles. The zero-order valence-corrected chi connectivity index (χ0v) is 12.5.